The summed E-state index contributed by atoms with van der Waals surface area (Å²) in [6, 6.07) is 0. The Hall–Kier alpha value is 1.09. The van der Waals surface area contributed by atoms with E-state index in [-0.39, 0.29) is 51.3 Å². The summed E-state index contributed by atoms with van der Waals surface area (Å²) in [5.74, 6) is 0. The second kappa shape index (κ2) is 4.36. The van der Waals surface area contributed by atoms with Gasteiger partial charge >= 0.3 is 7.69 Å². The van der Waals surface area contributed by atoms with Crippen LogP contribution in [0, 0.1) is 7.43 Å². The van der Waals surface area contributed by atoms with Crippen LogP contribution < -0.4 is 0 Å². The number of hydrogen-bond donors (Lipinski definition) is 0. The summed E-state index contributed by atoms with van der Waals surface area (Å²) in [4.78, 5) is 0. The molecule has 4 heteroatoms. The molecule has 0 N–H and O–H groups in total. The van der Waals surface area contributed by atoms with E-state index in [1.807, 2.05) is 27.7 Å². The Morgan fingerprint density at radius 2 is 1.18 bits per heavy atom. The normalized spacial score (nSPS) is 24.4. The standard InChI is InChI=1S/C6H12BO2.CH3.Y/c1-5(2)6(3,4)9-7-8-5;;/h1-4H3;1H3;/q;-1;. The third-order valence-corrected chi connectivity index (χ3v) is 2.14. The van der Waals surface area contributed by atoms with Gasteiger partial charge in [0.2, 0.25) is 0 Å². The van der Waals surface area contributed by atoms with Crippen LogP contribution in [0.3, 0.4) is 0 Å². The Balaban J connectivity index is 0. The van der Waals surface area contributed by atoms with Crippen LogP contribution in [0.4, 0.5) is 0 Å². The molecule has 0 aliphatic carbocycles. The summed E-state index contributed by atoms with van der Waals surface area (Å²) >= 11 is 0. The van der Waals surface area contributed by atoms with Crippen molar-refractivity contribution >= 4 is 7.69 Å². The first kappa shape index (κ1) is 14.6. The first-order chi connectivity index (χ1) is 3.96. The van der Waals surface area contributed by atoms with Crippen molar-refractivity contribution in [3.63, 3.8) is 0 Å². The molecule has 0 atom stereocenters. The largest absolute Gasteiger partial charge is 0.488 e. The predicted octanol–water partition coefficient (Wildman–Crippen LogP) is 1.57. The SMILES string of the molecule is CC1(C)O[B]OC1(C)C.[CH3-].[Y]. The molecular formula is C7H15BO2Y-. The van der Waals surface area contributed by atoms with Crippen LogP contribution in [0.2, 0.25) is 0 Å². The fraction of sp³-hybridized carbons (Fsp3) is 0.857. The summed E-state index contributed by atoms with van der Waals surface area (Å²) in [7, 11) is 1.42. The quantitative estimate of drug-likeness (QED) is 0.465. The molecule has 0 aromatic rings. The molecule has 0 bridgehead atoms. The van der Waals surface area contributed by atoms with Crippen molar-refractivity contribution in [2.45, 2.75) is 38.9 Å². The molecule has 0 saturated carbocycles. The molecule has 0 amide bonds. The van der Waals surface area contributed by atoms with Gasteiger partial charge in [-0.2, -0.15) is 0 Å². The van der Waals surface area contributed by atoms with Crippen molar-refractivity contribution in [3.8, 4) is 0 Å². The first-order valence-corrected chi connectivity index (χ1v) is 3.13. The Morgan fingerprint density at radius 3 is 1.27 bits per heavy atom. The molecule has 2 nitrogen and oxygen atoms in total. The molecule has 1 heterocycles. The average molecular weight is 231 g/mol. The van der Waals surface area contributed by atoms with Gasteiger partial charge in [0.1, 0.15) is 0 Å². The summed E-state index contributed by atoms with van der Waals surface area (Å²) in [6.45, 7) is 8.04. The van der Waals surface area contributed by atoms with Gasteiger partial charge in [0.05, 0.1) is 11.2 Å². The Labute approximate surface area is 95.6 Å². The van der Waals surface area contributed by atoms with Gasteiger partial charge in [-0.15, -0.1) is 0 Å². The third kappa shape index (κ3) is 2.80. The van der Waals surface area contributed by atoms with E-state index in [0.717, 1.165) is 0 Å². The van der Waals surface area contributed by atoms with Crippen molar-refractivity contribution < 1.29 is 42.0 Å². The predicted molar refractivity (Wildman–Crippen MR) is 42.5 cm³/mol. The second-order valence-electron chi connectivity index (χ2n) is 3.35. The molecule has 0 unspecified atom stereocenters. The van der Waals surface area contributed by atoms with Crippen LogP contribution in [0.1, 0.15) is 27.7 Å². The minimum absolute atomic E-state index is 0. The molecular weight excluding hydrogens is 216 g/mol. The van der Waals surface area contributed by atoms with Gasteiger partial charge < -0.3 is 16.7 Å². The van der Waals surface area contributed by atoms with Crippen LogP contribution in [0.25, 0.3) is 0 Å². The molecule has 1 saturated heterocycles. The van der Waals surface area contributed by atoms with E-state index >= 15 is 0 Å². The number of hydrogen-bond acceptors (Lipinski definition) is 2. The smallest absolute Gasteiger partial charge is 0.405 e. The molecule has 1 aliphatic heterocycles. The van der Waals surface area contributed by atoms with Crippen molar-refractivity contribution in [1.29, 1.82) is 0 Å². The molecule has 62 valence electrons. The van der Waals surface area contributed by atoms with Gasteiger partial charge in [-0.3, -0.25) is 0 Å². The topological polar surface area (TPSA) is 18.5 Å². The van der Waals surface area contributed by atoms with Gasteiger partial charge in [-0.1, -0.05) is 0 Å². The van der Waals surface area contributed by atoms with E-state index < -0.39 is 0 Å². The summed E-state index contributed by atoms with van der Waals surface area (Å²) < 4.78 is 10.4. The minimum atomic E-state index is -0.188. The Morgan fingerprint density at radius 1 is 0.909 bits per heavy atom. The van der Waals surface area contributed by atoms with Crippen LogP contribution >= 0.6 is 0 Å². The van der Waals surface area contributed by atoms with Crippen LogP contribution in [-0.4, -0.2) is 18.9 Å². The molecule has 0 aromatic carbocycles. The van der Waals surface area contributed by atoms with E-state index in [1.165, 1.54) is 7.69 Å². The van der Waals surface area contributed by atoms with E-state index in [4.69, 9.17) is 9.31 Å². The van der Waals surface area contributed by atoms with Crippen LogP contribution in [-0.2, 0) is 42.0 Å². The summed E-state index contributed by atoms with van der Waals surface area (Å²) in [5.41, 5.74) is -0.375. The zero-order valence-electron chi connectivity index (χ0n) is 7.97. The maximum atomic E-state index is 5.21. The average Bonchev–Trinajstić information content (AvgIpc) is 1.81. The van der Waals surface area contributed by atoms with Gasteiger partial charge in [0.15, 0.2) is 0 Å². The van der Waals surface area contributed by atoms with Crippen molar-refractivity contribution in [2.24, 2.45) is 0 Å². The van der Waals surface area contributed by atoms with Crippen molar-refractivity contribution in [2.75, 3.05) is 0 Å². The first-order valence-electron chi connectivity index (χ1n) is 3.13. The molecule has 1 rings (SSSR count). The Bertz CT molecular complexity index is 112. The van der Waals surface area contributed by atoms with Crippen molar-refractivity contribution in [1.82, 2.24) is 0 Å². The minimum Gasteiger partial charge on any atom is -0.405 e. The van der Waals surface area contributed by atoms with E-state index in [2.05, 4.69) is 0 Å². The zero-order valence-corrected chi connectivity index (χ0v) is 10.8. The molecule has 0 spiro atoms. The summed E-state index contributed by atoms with van der Waals surface area (Å²) in [6.07, 6.45) is 0. The molecule has 11 heavy (non-hydrogen) atoms. The van der Waals surface area contributed by atoms with Crippen LogP contribution in [0.15, 0.2) is 0 Å². The van der Waals surface area contributed by atoms with Gasteiger partial charge in [0.25, 0.3) is 0 Å². The van der Waals surface area contributed by atoms with Gasteiger partial charge in [-0.05, 0) is 27.7 Å². The fourth-order valence-electron chi connectivity index (χ4n) is 0.548. The number of rotatable bonds is 0. The van der Waals surface area contributed by atoms with E-state index in [1.54, 1.807) is 0 Å². The molecule has 0 aromatic heterocycles. The molecule has 2 radical (unpaired) electrons. The maximum absolute atomic E-state index is 5.21. The fourth-order valence-corrected chi connectivity index (χ4v) is 0.548. The van der Waals surface area contributed by atoms with E-state index in [0.29, 0.717) is 0 Å². The third-order valence-electron chi connectivity index (χ3n) is 2.14. The Kier molecular flexibility index (Phi) is 5.79. The van der Waals surface area contributed by atoms with Crippen LogP contribution in [0.5, 0.6) is 0 Å². The summed E-state index contributed by atoms with van der Waals surface area (Å²) in [5, 5.41) is 0. The molecule has 1 aliphatic rings. The van der Waals surface area contributed by atoms with Crippen molar-refractivity contribution in [3.05, 3.63) is 7.43 Å². The monoisotopic (exact) mass is 231 g/mol. The van der Waals surface area contributed by atoms with Gasteiger partial charge in [-0.25, -0.2) is 0 Å². The second-order valence-corrected chi connectivity index (χ2v) is 3.35. The van der Waals surface area contributed by atoms with E-state index in [9.17, 15) is 0 Å². The maximum Gasteiger partial charge on any atom is 0.488 e. The van der Waals surface area contributed by atoms with Gasteiger partial charge in [0, 0.05) is 32.7 Å². The molecule has 1 fully saturated rings. The zero-order chi connectivity index (χ0) is 7.12.